The number of benzene rings is 4. The van der Waals surface area contributed by atoms with Crippen LogP contribution in [0.1, 0.15) is 95.5 Å². The zero-order valence-corrected chi connectivity index (χ0v) is 39.7. The lowest BCUT2D eigenvalue weighted by molar-refractivity contribution is -0.140. The molecule has 0 unspecified atom stereocenters. The summed E-state index contributed by atoms with van der Waals surface area (Å²) in [6.45, 7) is 6.44. The summed E-state index contributed by atoms with van der Waals surface area (Å²) in [5.74, 6) is -2.80. The standard InChI is InChI=1S/C56H52N4O12/c1-53(33-5-13-37(14-6-33)69-29-49(61)62)41-21-23-43(57-41)54(2,34-7-15-38(16-8-34)70-30-50(63)64)45-25-27-47(59-45)56(4,36-11-19-40(20-12-36)72-32-52(67)68)48-28-26-46(60-48)55(3,44-24-22-42(53)58-44)35-9-17-39(18-10-35)71-31-51(65)66/h5-28,57-60H,29-32H2,1-4H3,(H,61,62)(H,63,64)(H,65,66)(H,67,68). The molecule has 0 amide bonds. The second-order valence-corrected chi connectivity index (χ2v) is 18.5. The van der Waals surface area contributed by atoms with Crippen molar-refractivity contribution in [1.82, 2.24) is 19.9 Å². The fourth-order valence-corrected chi connectivity index (χ4v) is 9.86. The molecule has 72 heavy (non-hydrogen) atoms. The summed E-state index contributed by atoms with van der Waals surface area (Å²) < 4.78 is 22.2. The van der Waals surface area contributed by atoms with Gasteiger partial charge in [0.1, 0.15) is 23.0 Å². The molecule has 0 radical (unpaired) electrons. The normalized spacial score (nSPS) is 20.3. The molecule has 8 bridgehead atoms. The molecule has 5 heterocycles. The van der Waals surface area contributed by atoms with Crippen molar-refractivity contribution in [3.8, 4) is 23.0 Å². The Morgan fingerprint density at radius 2 is 0.458 bits per heavy atom. The molecular formula is C56H52N4O12. The third-order valence-electron chi connectivity index (χ3n) is 14.2. The van der Waals surface area contributed by atoms with E-state index in [1.54, 1.807) is 48.5 Å². The summed E-state index contributed by atoms with van der Waals surface area (Å²) in [7, 11) is 0. The highest BCUT2D eigenvalue weighted by atomic mass is 16.5. The minimum Gasteiger partial charge on any atom is -0.482 e. The molecule has 1 aliphatic heterocycles. The lowest BCUT2D eigenvalue weighted by Gasteiger charge is -2.34. The molecule has 1 aliphatic rings. The van der Waals surface area contributed by atoms with E-state index >= 15 is 0 Å². The first-order chi connectivity index (χ1) is 34.4. The lowest BCUT2D eigenvalue weighted by Crippen LogP contribution is -2.32. The zero-order valence-electron chi connectivity index (χ0n) is 39.7. The van der Waals surface area contributed by atoms with Crippen molar-refractivity contribution < 1.29 is 58.6 Å². The molecule has 0 fully saturated rings. The number of fused-ring (bicyclic) bond motifs is 8. The van der Waals surface area contributed by atoms with Crippen LogP contribution in [0.3, 0.4) is 0 Å². The van der Waals surface area contributed by atoms with Crippen LogP contribution >= 0.6 is 0 Å². The summed E-state index contributed by atoms with van der Waals surface area (Å²) in [5.41, 5.74) is 6.30. The number of nitrogens with one attached hydrogen (secondary N) is 4. The van der Waals surface area contributed by atoms with E-state index in [0.29, 0.717) is 23.0 Å². The summed E-state index contributed by atoms with van der Waals surface area (Å²) >= 11 is 0. The molecule has 8 aromatic rings. The first-order valence-corrected chi connectivity index (χ1v) is 23.0. The fourth-order valence-electron chi connectivity index (χ4n) is 9.86. The molecule has 0 spiro atoms. The van der Waals surface area contributed by atoms with Gasteiger partial charge >= 0.3 is 23.9 Å². The van der Waals surface area contributed by atoms with E-state index in [4.69, 9.17) is 18.9 Å². The van der Waals surface area contributed by atoms with Crippen LogP contribution < -0.4 is 18.9 Å². The van der Waals surface area contributed by atoms with Gasteiger partial charge in [-0.2, -0.15) is 0 Å². The van der Waals surface area contributed by atoms with Gasteiger partial charge < -0.3 is 59.3 Å². The Morgan fingerprint density at radius 3 is 0.597 bits per heavy atom. The van der Waals surface area contributed by atoms with Gasteiger partial charge in [-0.15, -0.1) is 0 Å². The van der Waals surface area contributed by atoms with Gasteiger partial charge in [0.2, 0.25) is 0 Å². The summed E-state index contributed by atoms with van der Waals surface area (Å²) in [4.78, 5) is 61.1. The SMILES string of the molecule is CC1(c2ccc(OCC(=O)O)cc2)c2ccc([nH]2)C(C)(c2ccc(OCC(=O)O)cc2)c2ccc([nH]2)C(C)(c2ccc(OCC(=O)O)cc2)c2ccc([nH]2)C(C)(c2ccc(OCC(=O)O)cc2)c2ccc1[nH]2. The maximum Gasteiger partial charge on any atom is 0.341 e. The number of carboxylic acid groups (broad SMARTS) is 4. The Bertz CT molecular complexity index is 2760. The number of aromatic amines is 4. The van der Waals surface area contributed by atoms with Crippen molar-refractivity contribution in [3.05, 3.63) is 213 Å². The highest BCUT2D eigenvalue weighted by Crippen LogP contribution is 2.48. The number of aliphatic carboxylic acids is 4. The van der Waals surface area contributed by atoms with Crippen molar-refractivity contribution in [2.75, 3.05) is 26.4 Å². The number of rotatable bonds is 16. The van der Waals surface area contributed by atoms with Crippen molar-refractivity contribution in [2.24, 2.45) is 0 Å². The Balaban J connectivity index is 1.29. The number of hydrogen-bond acceptors (Lipinski definition) is 8. The molecule has 4 aromatic heterocycles. The Hall–Kier alpha value is -8.92. The Kier molecular flexibility index (Phi) is 12.5. The van der Waals surface area contributed by atoms with Gasteiger partial charge in [0, 0.05) is 45.6 Å². The van der Waals surface area contributed by atoms with Gasteiger partial charge in [-0.05, 0) is 147 Å². The number of carboxylic acids is 4. The van der Waals surface area contributed by atoms with E-state index in [1.165, 1.54) is 0 Å². The molecule has 0 saturated carbocycles. The molecular weight excluding hydrogens is 921 g/mol. The zero-order chi connectivity index (χ0) is 51.0. The number of aromatic nitrogens is 4. The third kappa shape index (κ3) is 8.71. The predicted molar refractivity (Wildman–Crippen MR) is 264 cm³/mol. The maximum atomic E-state index is 11.4. The van der Waals surface area contributed by atoms with Crippen LogP contribution in [0.15, 0.2) is 146 Å². The van der Waals surface area contributed by atoms with Gasteiger partial charge in [-0.25, -0.2) is 19.2 Å². The van der Waals surface area contributed by atoms with Crippen LogP contribution in [-0.2, 0) is 40.8 Å². The van der Waals surface area contributed by atoms with Crippen LogP contribution in [0.5, 0.6) is 23.0 Å². The van der Waals surface area contributed by atoms with Gasteiger partial charge in [0.25, 0.3) is 0 Å². The minimum absolute atomic E-state index is 0.392. The van der Waals surface area contributed by atoms with E-state index < -0.39 is 72.0 Å². The van der Waals surface area contributed by atoms with E-state index in [9.17, 15) is 39.6 Å². The van der Waals surface area contributed by atoms with Crippen LogP contribution in [0.4, 0.5) is 0 Å². The average molecular weight is 973 g/mol. The summed E-state index contributed by atoms with van der Waals surface area (Å²) in [6.07, 6.45) is 0. The fraction of sp³-hybridized carbons (Fsp3) is 0.214. The maximum absolute atomic E-state index is 11.4. The van der Waals surface area contributed by atoms with E-state index in [0.717, 1.165) is 67.8 Å². The van der Waals surface area contributed by atoms with Gasteiger partial charge in [0.05, 0.1) is 21.7 Å². The van der Waals surface area contributed by atoms with Crippen LogP contribution in [-0.4, -0.2) is 90.7 Å². The molecule has 0 atom stereocenters. The Labute approximate surface area is 413 Å². The Morgan fingerprint density at radius 1 is 0.306 bits per heavy atom. The van der Waals surface area contributed by atoms with E-state index in [1.807, 2.05) is 48.5 Å². The lowest BCUT2D eigenvalue weighted by atomic mass is 9.76. The minimum atomic E-state index is -1.09. The van der Waals surface area contributed by atoms with Crippen LogP contribution in [0.2, 0.25) is 0 Å². The molecule has 9 rings (SSSR count). The van der Waals surface area contributed by atoms with E-state index in [-0.39, 0.29) is 0 Å². The average Bonchev–Trinajstić information content (AvgIpc) is 4.24. The largest absolute Gasteiger partial charge is 0.482 e. The second-order valence-electron chi connectivity index (χ2n) is 18.5. The molecule has 4 aromatic carbocycles. The van der Waals surface area contributed by atoms with Crippen LogP contribution in [0, 0.1) is 0 Å². The number of hydrogen-bond donors (Lipinski definition) is 8. The highest BCUT2D eigenvalue weighted by Gasteiger charge is 2.44. The first-order valence-electron chi connectivity index (χ1n) is 23.0. The van der Waals surface area contributed by atoms with E-state index in [2.05, 4.69) is 96.2 Å². The van der Waals surface area contributed by atoms with Gasteiger partial charge in [-0.1, -0.05) is 48.5 Å². The monoisotopic (exact) mass is 972 g/mol. The molecule has 0 saturated heterocycles. The number of ether oxygens (including phenoxy) is 4. The van der Waals surface area contributed by atoms with Crippen molar-refractivity contribution in [3.63, 3.8) is 0 Å². The van der Waals surface area contributed by atoms with Crippen molar-refractivity contribution in [1.29, 1.82) is 0 Å². The summed E-state index contributed by atoms with van der Waals surface area (Å²) in [5, 5.41) is 37.3. The molecule has 16 nitrogen and oxygen atoms in total. The van der Waals surface area contributed by atoms with Crippen molar-refractivity contribution >= 4 is 23.9 Å². The quantitative estimate of drug-likeness (QED) is 0.0454. The molecule has 16 heteroatoms. The third-order valence-corrected chi connectivity index (χ3v) is 14.2. The highest BCUT2D eigenvalue weighted by molar-refractivity contribution is 5.70. The molecule has 368 valence electrons. The molecule has 8 N–H and O–H groups in total. The van der Waals surface area contributed by atoms with Crippen LogP contribution in [0.25, 0.3) is 0 Å². The predicted octanol–water partition coefficient (Wildman–Crippen LogP) is 8.58. The number of H-pyrrole nitrogens is 4. The number of carbonyl (C=O) groups is 4. The summed E-state index contributed by atoms with van der Waals surface area (Å²) in [6, 6.07) is 45.8. The van der Waals surface area contributed by atoms with Crippen molar-refractivity contribution in [2.45, 2.75) is 49.4 Å². The topological polar surface area (TPSA) is 249 Å². The smallest absolute Gasteiger partial charge is 0.341 e. The molecule has 0 aliphatic carbocycles. The van der Waals surface area contributed by atoms with Gasteiger partial charge in [-0.3, -0.25) is 0 Å². The van der Waals surface area contributed by atoms with Gasteiger partial charge in [0.15, 0.2) is 26.4 Å². The second kappa shape index (κ2) is 18.8. The first kappa shape index (κ1) is 48.1.